The molecule has 16 nitrogen and oxygen atoms in total. The fraction of sp³-hybridized carbons (Fsp3) is 0.167. The molecule has 0 fully saturated rings. The van der Waals surface area contributed by atoms with E-state index in [0.717, 1.165) is 0 Å². The van der Waals surface area contributed by atoms with E-state index in [4.69, 9.17) is 18.9 Å². The van der Waals surface area contributed by atoms with Crippen molar-refractivity contribution in [2.45, 2.75) is 5.79 Å². The summed E-state index contributed by atoms with van der Waals surface area (Å²) in [5.74, 6) is -5.27. The van der Waals surface area contributed by atoms with E-state index < -0.39 is 38.4 Å². The third-order valence-electron chi connectivity index (χ3n) is 4.20. The van der Waals surface area contributed by atoms with Crippen LogP contribution in [0.15, 0.2) is 48.5 Å². The minimum atomic E-state index is -4.17. The van der Waals surface area contributed by atoms with Gasteiger partial charge in [0.25, 0.3) is 0 Å². The monoisotopic (exact) mass is 474 g/mol. The van der Waals surface area contributed by atoms with E-state index in [-0.39, 0.29) is 23.0 Å². The molecule has 176 valence electrons. The molecule has 1 aromatic heterocycles. The van der Waals surface area contributed by atoms with Crippen molar-refractivity contribution in [2.24, 2.45) is 0 Å². The van der Waals surface area contributed by atoms with Gasteiger partial charge in [-0.1, -0.05) is 24.3 Å². The molecule has 0 aliphatic rings. The summed E-state index contributed by atoms with van der Waals surface area (Å²) in [6.07, 6.45) is 0. The Labute approximate surface area is 189 Å². The number of nitro groups is 3. The first kappa shape index (κ1) is 23.5. The Kier molecular flexibility index (Phi) is 6.60. The number of hydrogen-bond donors (Lipinski definition) is 0. The molecule has 0 aliphatic carbocycles. The highest BCUT2D eigenvalue weighted by Crippen LogP contribution is 2.34. The Balaban J connectivity index is 2.21. The van der Waals surface area contributed by atoms with Crippen LogP contribution in [0, 0.1) is 30.3 Å². The Hall–Kier alpha value is -5.15. The number of hydrogen-bond acceptors (Lipinski definition) is 13. The van der Waals surface area contributed by atoms with E-state index in [1.165, 1.54) is 38.5 Å². The lowest BCUT2D eigenvalue weighted by Crippen LogP contribution is -2.51. The maximum atomic E-state index is 11.5. The van der Waals surface area contributed by atoms with Gasteiger partial charge in [0, 0.05) is 0 Å². The summed E-state index contributed by atoms with van der Waals surface area (Å²) >= 11 is 0. The summed E-state index contributed by atoms with van der Waals surface area (Å²) in [5, 5.41) is 34.6. The van der Waals surface area contributed by atoms with Gasteiger partial charge in [-0.05, 0) is 24.3 Å². The van der Waals surface area contributed by atoms with Gasteiger partial charge in [0.05, 0.1) is 14.2 Å². The molecule has 0 spiro atoms. The maximum absolute atomic E-state index is 11.5. The third kappa shape index (κ3) is 4.27. The minimum Gasteiger partial charge on any atom is -0.493 e. The predicted octanol–water partition coefficient (Wildman–Crippen LogP) is 2.41. The number of ether oxygens (including phenoxy) is 4. The van der Waals surface area contributed by atoms with E-state index in [1.807, 2.05) is 0 Å². The Morgan fingerprint density at radius 3 is 1.32 bits per heavy atom. The summed E-state index contributed by atoms with van der Waals surface area (Å²) in [6, 6.07) is 10.6. The van der Waals surface area contributed by atoms with E-state index in [9.17, 15) is 30.3 Å². The second-order valence-electron chi connectivity index (χ2n) is 6.14. The summed E-state index contributed by atoms with van der Waals surface area (Å²) < 4.78 is 21.1. The first-order valence-corrected chi connectivity index (χ1v) is 9.05. The van der Waals surface area contributed by atoms with Crippen molar-refractivity contribution in [1.82, 2.24) is 15.0 Å². The zero-order chi connectivity index (χ0) is 24.9. The molecule has 0 bridgehead atoms. The standard InChI is InChI=1S/C18H14N6O10/c1-31-11-7-3-5-9-13(11)33-16-19-15(18(22(25)26,23(27)28)24(29)30)20-17(21-16)34-14-10-6-4-8-12(14)32-2/h3-10H,1-2H3. The first-order valence-electron chi connectivity index (χ1n) is 9.05. The van der Waals surface area contributed by atoms with Crippen molar-refractivity contribution in [3.63, 3.8) is 0 Å². The molecule has 16 heteroatoms. The molecule has 0 saturated heterocycles. The highest BCUT2D eigenvalue weighted by molar-refractivity contribution is 5.42. The number of benzene rings is 2. The molecular formula is C18H14N6O10. The van der Waals surface area contributed by atoms with Crippen molar-refractivity contribution in [3.05, 3.63) is 84.7 Å². The SMILES string of the molecule is COc1ccccc1Oc1nc(Oc2ccccc2OC)nc(C([N+](=O)[O-])([N+](=O)[O-])[N+](=O)[O-])n1. The van der Waals surface area contributed by atoms with Crippen LogP contribution in [-0.4, -0.2) is 43.9 Å². The van der Waals surface area contributed by atoms with Crippen LogP contribution in [0.3, 0.4) is 0 Å². The van der Waals surface area contributed by atoms with Crippen LogP contribution in [0.25, 0.3) is 0 Å². The summed E-state index contributed by atoms with van der Waals surface area (Å²) in [6.45, 7) is 0. The molecule has 0 radical (unpaired) electrons. The van der Waals surface area contributed by atoms with Gasteiger partial charge in [-0.25, -0.2) is 0 Å². The van der Waals surface area contributed by atoms with Crippen LogP contribution in [0.4, 0.5) is 0 Å². The second-order valence-corrected chi connectivity index (χ2v) is 6.14. The topological polar surface area (TPSA) is 205 Å². The molecule has 34 heavy (non-hydrogen) atoms. The van der Waals surface area contributed by atoms with Crippen molar-refractivity contribution < 1.29 is 33.7 Å². The van der Waals surface area contributed by atoms with Crippen molar-refractivity contribution >= 4 is 0 Å². The van der Waals surface area contributed by atoms with Crippen LogP contribution in [0.2, 0.25) is 0 Å². The molecule has 0 saturated carbocycles. The zero-order valence-electron chi connectivity index (χ0n) is 17.4. The van der Waals surface area contributed by atoms with Gasteiger partial charge >= 0.3 is 23.6 Å². The molecule has 0 aliphatic heterocycles. The fourth-order valence-corrected chi connectivity index (χ4v) is 2.63. The summed E-state index contributed by atoms with van der Waals surface area (Å²) in [7, 11) is 2.66. The van der Waals surface area contributed by atoms with E-state index >= 15 is 0 Å². The van der Waals surface area contributed by atoms with Gasteiger partial charge in [-0.3, -0.25) is 30.3 Å². The van der Waals surface area contributed by atoms with Crippen LogP contribution >= 0.6 is 0 Å². The lowest BCUT2D eigenvalue weighted by Gasteiger charge is -2.12. The average molecular weight is 474 g/mol. The fourth-order valence-electron chi connectivity index (χ4n) is 2.63. The summed E-state index contributed by atoms with van der Waals surface area (Å²) in [5.41, 5.74) is 0. The molecule has 3 aromatic rings. The maximum Gasteiger partial charge on any atom is 0.763 e. The highest BCUT2D eigenvalue weighted by Gasteiger charge is 2.76. The minimum absolute atomic E-state index is 0.000647. The van der Waals surface area contributed by atoms with Crippen LogP contribution in [-0.2, 0) is 5.79 Å². The van der Waals surface area contributed by atoms with Crippen molar-refractivity contribution in [2.75, 3.05) is 14.2 Å². The number of methoxy groups -OCH3 is 2. The highest BCUT2D eigenvalue weighted by atomic mass is 16.7. The quantitative estimate of drug-likeness (QED) is 0.235. The molecule has 2 aromatic carbocycles. The first-order chi connectivity index (χ1) is 16.2. The van der Waals surface area contributed by atoms with Gasteiger partial charge in [0.1, 0.15) is 0 Å². The Bertz CT molecular complexity index is 1150. The van der Waals surface area contributed by atoms with Gasteiger partial charge in [-0.2, -0.15) is 9.97 Å². The number of para-hydroxylation sites is 4. The van der Waals surface area contributed by atoms with Gasteiger partial charge in [0.2, 0.25) is 0 Å². The smallest absolute Gasteiger partial charge is 0.493 e. The zero-order valence-corrected chi connectivity index (χ0v) is 17.4. The molecule has 0 N–H and O–H groups in total. The molecule has 0 amide bonds. The second kappa shape index (κ2) is 9.55. The normalized spacial score (nSPS) is 10.8. The van der Waals surface area contributed by atoms with Gasteiger partial charge in [0.15, 0.2) is 37.8 Å². The number of rotatable bonds is 10. The van der Waals surface area contributed by atoms with E-state index in [0.29, 0.717) is 0 Å². The Morgan fingerprint density at radius 1 is 0.647 bits per heavy atom. The lowest BCUT2D eigenvalue weighted by molar-refractivity contribution is -0.987. The average Bonchev–Trinajstić information content (AvgIpc) is 2.79. The third-order valence-corrected chi connectivity index (χ3v) is 4.20. The van der Waals surface area contributed by atoms with Crippen LogP contribution < -0.4 is 18.9 Å². The molecule has 0 atom stereocenters. The van der Waals surface area contributed by atoms with Crippen LogP contribution in [0.1, 0.15) is 5.82 Å². The number of nitrogens with zero attached hydrogens (tertiary/aromatic N) is 6. The Morgan fingerprint density at radius 2 is 1.00 bits per heavy atom. The summed E-state index contributed by atoms with van der Waals surface area (Å²) in [4.78, 5) is 40.2. The lowest BCUT2D eigenvalue weighted by atomic mass is 10.3. The largest absolute Gasteiger partial charge is 0.763 e. The van der Waals surface area contributed by atoms with Gasteiger partial charge < -0.3 is 18.9 Å². The molecule has 0 unspecified atom stereocenters. The molecule has 3 rings (SSSR count). The van der Waals surface area contributed by atoms with E-state index in [2.05, 4.69) is 15.0 Å². The van der Waals surface area contributed by atoms with E-state index in [1.54, 1.807) is 24.3 Å². The van der Waals surface area contributed by atoms with Crippen molar-refractivity contribution in [1.29, 1.82) is 0 Å². The van der Waals surface area contributed by atoms with Crippen LogP contribution in [0.5, 0.6) is 35.0 Å². The predicted molar refractivity (Wildman–Crippen MR) is 109 cm³/mol. The van der Waals surface area contributed by atoms with Crippen molar-refractivity contribution in [3.8, 4) is 35.0 Å². The molecular weight excluding hydrogens is 460 g/mol. The molecule has 1 heterocycles. The van der Waals surface area contributed by atoms with Gasteiger partial charge in [-0.15, -0.1) is 4.98 Å². The number of aromatic nitrogens is 3.